The first-order valence-corrected chi connectivity index (χ1v) is 2.80. The second-order valence-corrected chi connectivity index (χ2v) is 2.36. The zero-order valence-corrected chi connectivity index (χ0v) is 5.59. The van der Waals surface area contributed by atoms with Gasteiger partial charge in [0.1, 0.15) is 0 Å². The first-order valence-electron chi connectivity index (χ1n) is 1.81. The van der Waals surface area contributed by atoms with Gasteiger partial charge in [-0.15, -0.1) is 0 Å². The fraction of sp³-hybridized carbons (Fsp3) is 0.667. The lowest BCUT2D eigenvalue weighted by molar-refractivity contribution is -0.139. The summed E-state index contributed by atoms with van der Waals surface area (Å²) in [7, 11) is 0. The molecule has 0 aliphatic heterocycles. The van der Waals surface area contributed by atoms with Crippen molar-refractivity contribution in [1.82, 2.24) is 0 Å². The van der Waals surface area contributed by atoms with E-state index in [9.17, 15) is 4.79 Å². The van der Waals surface area contributed by atoms with Crippen molar-refractivity contribution >= 4 is 31.2 Å². The Bertz CT molecular complexity index is 103. The van der Waals surface area contributed by atoms with Crippen LogP contribution in [0, 0.1) is 0 Å². The summed E-state index contributed by atoms with van der Waals surface area (Å²) in [5.41, 5.74) is 4.97. The maximum atomic E-state index is 9.96. The van der Waals surface area contributed by atoms with Crippen molar-refractivity contribution in [2.24, 2.45) is 5.73 Å². The van der Waals surface area contributed by atoms with Gasteiger partial charge in [0.05, 0.1) is 0 Å². The van der Waals surface area contributed by atoms with Crippen molar-refractivity contribution in [3.63, 3.8) is 0 Å². The molecule has 5 heteroatoms. The number of nitrogens with two attached hydrogens (primary N) is 1. The zero-order valence-electron chi connectivity index (χ0n) is 3.96. The molecule has 0 rings (SSSR count). The molecular weight excluding hydrogens is 146 g/mol. The lowest BCUT2D eigenvalue weighted by Crippen LogP contribution is -2.48. The van der Waals surface area contributed by atoms with E-state index in [2.05, 4.69) is 25.3 Å². The van der Waals surface area contributed by atoms with Gasteiger partial charge in [-0.25, -0.2) is 0 Å². The molecule has 0 bridgehead atoms. The molecule has 0 amide bonds. The third kappa shape index (κ3) is 1.94. The molecule has 0 saturated heterocycles. The SMILES string of the molecule is NC([S-])(C[S-])C(=O)O. The molecule has 1 unspecified atom stereocenters. The van der Waals surface area contributed by atoms with E-state index in [0.717, 1.165) is 0 Å². The predicted octanol–water partition coefficient (Wildman–Crippen LogP) is -1.18. The summed E-state index contributed by atoms with van der Waals surface area (Å²) in [5, 5.41) is 8.15. The first kappa shape index (κ1) is 8.13. The van der Waals surface area contributed by atoms with Crippen LogP contribution in [0.25, 0.3) is 0 Å². The molecule has 8 heavy (non-hydrogen) atoms. The van der Waals surface area contributed by atoms with Gasteiger partial charge in [-0.2, -0.15) is 5.75 Å². The van der Waals surface area contributed by atoms with Crippen LogP contribution in [0.1, 0.15) is 0 Å². The fourth-order valence-electron chi connectivity index (χ4n) is 0.0617. The summed E-state index contributed by atoms with van der Waals surface area (Å²) in [5.74, 6) is -1.37. The average molecular weight is 151 g/mol. The van der Waals surface area contributed by atoms with Crippen molar-refractivity contribution < 1.29 is 9.90 Å². The highest BCUT2D eigenvalue weighted by Gasteiger charge is 2.10. The first-order chi connectivity index (χ1) is 3.50. The number of hydrogen-bond donors (Lipinski definition) is 2. The Balaban J connectivity index is 3.91. The topological polar surface area (TPSA) is 63.3 Å². The Hall–Kier alpha value is 0.130. The zero-order chi connectivity index (χ0) is 6.78. The van der Waals surface area contributed by atoms with Gasteiger partial charge < -0.3 is 36.1 Å². The molecule has 0 radical (unpaired) electrons. The summed E-state index contributed by atoms with van der Waals surface area (Å²) in [4.78, 5) is 8.31. The van der Waals surface area contributed by atoms with Crippen molar-refractivity contribution in [2.75, 3.05) is 5.75 Å². The highest BCUT2D eigenvalue weighted by Crippen LogP contribution is 1.93. The van der Waals surface area contributed by atoms with Crippen LogP contribution in [0.3, 0.4) is 0 Å². The monoisotopic (exact) mass is 151 g/mol. The maximum absolute atomic E-state index is 9.96. The Morgan fingerprint density at radius 3 is 2.25 bits per heavy atom. The van der Waals surface area contributed by atoms with Gasteiger partial charge in [0, 0.05) is 0 Å². The molecule has 0 saturated carbocycles. The van der Waals surface area contributed by atoms with Gasteiger partial charge in [-0.05, 0) is 4.87 Å². The highest BCUT2D eigenvalue weighted by atomic mass is 32.1. The lowest BCUT2D eigenvalue weighted by Gasteiger charge is -2.34. The van der Waals surface area contributed by atoms with Crippen molar-refractivity contribution in [3.05, 3.63) is 0 Å². The molecule has 3 N–H and O–H groups in total. The van der Waals surface area contributed by atoms with Crippen molar-refractivity contribution in [3.8, 4) is 0 Å². The summed E-state index contributed by atoms with van der Waals surface area (Å²) >= 11 is 8.70. The Morgan fingerprint density at radius 1 is 1.88 bits per heavy atom. The second-order valence-electron chi connectivity index (χ2n) is 1.34. The molecule has 0 aromatic carbocycles. The van der Waals surface area contributed by atoms with Crippen LogP contribution in [0.15, 0.2) is 0 Å². The van der Waals surface area contributed by atoms with Crippen LogP contribution in [0.5, 0.6) is 0 Å². The molecule has 1 atom stereocenters. The molecule has 3 nitrogen and oxygen atoms in total. The largest absolute Gasteiger partial charge is 0.792 e. The molecule has 0 fully saturated rings. The minimum atomic E-state index is -1.64. The summed E-state index contributed by atoms with van der Waals surface area (Å²) in [6.45, 7) is 0. The summed E-state index contributed by atoms with van der Waals surface area (Å²) in [6, 6.07) is 0. The van der Waals surface area contributed by atoms with E-state index in [1.165, 1.54) is 0 Å². The minimum Gasteiger partial charge on any atom is -0.792 e. The number of aliphatic carboxylic acids is 1. The number of hydrogen-bond acceptors (Lipinski definition) is 4. The normalized spacial score (nSPS) is 17.4. The van der Waals surface area contributed by atoms with Crippen LogP contribution < -0.4 is 5.73 Å². The Kier molecular flexibility index (Phi) is 2.65. The fourth-order valence-corrected chi connectivity index (χ4v) is 0.185. The van der Waals surface area contributed by atoms with E-state index in [1.807, 2.05) is 0 Å². The van der Waals surface area contributed by atoms with Crippen LogP contribution in [-0.2, 0) is 30.1 Å². The van der Waals surface area contributed by atoms with Gasteiger partial charge in [-0.1, -0.05) is 0 Å². The van der Waals surface area contributed by atoms with Crippen LogP contribution in [-0.4, -0.2) is 21.7 Å². The quantitative estimate of drug-likeness (QED) is 0.486. The van der Waals surface area contributed by atoms with Gasteiger partial charge in [-0.3, -0.25) is 4.79 Å². The molecule has 0 aromatic rings. The predicted molar refractivity (Wildman–Crippen MR) is 34.2 cm³/mol. The van der Waals surface area contributed by atoms with Crippen LogP contribution in [0.4, 0.5) is 0 Å². The van der Waals surface area contributed by atoms with E-state index < -0.39 is 10.8 Å². The standard InChI is InChI=1S/C3H7NO2S2/c4-3(8,1-7)2(5)6/h7-8H,1,4H2,(H,5,6)/p-2. The van der Waals surface area contributed by atoms with Gasteiger partial charge >= 0.3 is 0 Å². The molecule has 0 aromatic heterocycles. The maximum Gasteiger partial charge on any atom is 0.296 e. The van der Waals surface area contributed by atoms with E-state index in [4.69, 9.17) is 10.8 Å². The average Bonchev–Trinajstić information content (AvgIpc) is 1.67. The van der Waals surface area contributed by atoms with Gasteiger partial charge in [0.15, 0.2) is 0 Å². The second kappa shape index (κ2) is 2.61. The Labute approximate surface area is 58.1 Å². The van der Waals surface area contributed by atoms with Crippen LogP contribution >= 0.6 is 0 Å². The number of carboxylic acid groups (broad SMARTS) is 1. The molecule has 0 aliphatic rings. The van der Waals surface area contributed by atoms with Crippen LogP contribution in [0.2, 0.25) is 0 Å². The van der Waals surface area contributed by atoms with E-state index >= 15 is 0 Å². The smallest absolute Gasteiger partial charge is 0.296 e. The summed E-state index contributed by atoms with van der Waals surface area (Å²) < 4.78 is 0. The lowest BCUT2D eigenvalue weighted by atomic mass is 10.4. The number of carbonyl (C=O) groups is 1. The molecule has 0 aliphatic carbocycles. The van der Waals surface area contributed by atoms with Crippen molar-refractivity contribution in [1.29, 1.82) is 0 Å². The van der Waals surface area contributed by atoms with Gasteiger partial charge in [0.25, 0.3) is 5.97 Å². The molecule has 0 spiro atoms. The number of rotatable bonds is 2. The highest BCUT2D eigenvalue weighted by molar-refractivity contribution is 7.65. The van der Waals surface area contributed by atoms with E-state index in [0.29, 0.717) is 0 Å². The Morgan fingerprint density at radius 2 is 2.25 bits per heavy atom. The van der Waals surface area contributed by atoms with E-state index in [-0.39, 0.29) is 5.75 Å². The van der Waals surface area contributed by atoms with Gasteiger partial charge in [0.2, 0.25) is 0 Å². The van der Waals surface area contributed by atoms with E-state index in [1.54, 1.807) is 0 Å². The molecule has 0 heterocycles. The molecule has 48 valence electrons. The van der Waals surface area contributed by atoms with Crippen molar-refractivity contribution in [2.45, 2.75) is 4.87 Å². The minimum absolute atomic E-state index is 0.141. The third-order valence-electron chi connectivity index (χ3n) is 0.576. The molecular formula is C3H5NO2S2-2. The number of carboxylic acids is 1. The summed E-state index contributed by atoms with van der Waals surface area (Å²) in [6.07, 6.45) is 0. The third-order valence-corrected chi connectivity index (χ3v) is 1.53.